The minimum absolute atomic E-state index is 0.0478. The van der Waals surface area contributed by atoms with E-state index in [2.05, 4.69) is 15.9 Å². The first-order valence-electron chi connectivity index (χ1n) is 5.71. The summed E-state index contributed by atoms with van der Waals surface area (Å²) >= 11 is 3.23. The summed E-state index contributed by atoms with van der Waals surface area (Å²) in [6.45, 7) is 0. The number of ether oxygens (including phenoxy) is 1. The molecule has 2 atom stereocenters. The number of hydrogen-bond acceptors (Lipinski definition) is 3. The van der Waals surface area contributed by atoms with Gasteiger partial charge in [0.25, 0.3) is 0 Å². The van der Waals surface area contributed by atoms with E-state index < -0.39 is 26.3 Å². The van der Waals surface area contributed by atoms with Gasteiger partial charge in [-0.15, -0.1) is 0 Å². The standard InChI is InChI=1S/C12H13BrF2O3S/c1-18-8-4-9(14)11(10(15)5-8)12(13)7-2-3-19(16,17)6-7/h4-5,7,12H,2-3,6H2,1H3. The number of alkyl halides is 1. The number of hydrogen-bond donors (Lipinski definition) is 0. The molecule has 19 heavy (non-hydrogen) atoms. The average molecular weight is 355 g/mol. The Morgan fingerprint density at radius 3 is 2.37 bits per heavy atom. The average Bonchev–Trinajstić information content (AvgIpc) is 2.68. The van der Waals surface area contributed by atoms with E-state index in [1.165, 1.54) is 7.11 Å². The van der Waals surface area contributed by atoms with Gasteiger partial charge in [0, 0.05) is 22.5 Å². The molecule has 1 aliphatic rings. The largest absolute Gasteiger partial charge is 0.497 e. The van der Waals surface area contributed by atoms with Crippen LogP contribution < -0.4 is 4.74 Å². The molecular weight excluding hydrogens is 342 g/mol. The van der Waals surface area contributed by atoms with E-state index in [1.807, 2.05) is 0 Å². The molecule has 0 aliphatic carbocycles. The summed E-state index contributed by atoms with van der Waals surface area (Å²) in [5.74, 6) is -1.67. The zero-order valence-electron chi connectivity index (χ0n) is 10.2. The van der Waals surface area contributed by atoms with Gasteiger partial charge in [0.1, 0.15) is 17.4 Å². The van der Waals surface area contributed by atoms with Gasteiger partial charge in [-0.2, -0.15) is 0 Å². The van der Waals surface area contributed by atoms with Crippen molar-refractivity contribution >= 4 is 25.8 Å². The molecule has 2 rings (SSSR count). The normalized spacial score (nSPS) is 23.3. The van der Waals surface area contributed by atoms with Gasteiger partial charge < -0.3 is 4.74 Å². The highest BCUT2D eigenvalue weighted by molar-refractivity contribution is 9.09. The third-order valence-electron chi connectivity index (χ3n) is 3.25. The fourth-order valence-corrected chi connectivity index (χ4v) is 5.21. The molecule has 0 spiro atoms. The molecule has 106 valence electrons. The lowest BCUT2D eigenvalue weighted by atomic mass is 9.97. The van der Waals surface area contributed by atoms with Gasteiger partial charge in [0.2, 0.25) is 0 Å². The van der Waals surface area contributed by atoms with Crippen molar-refractivity contribution in [2.45, 2.75) is 11.2 Å². The van der Waals surface area contributed by atoms with E-state index in [-0.39, 0.29) is 28.7 Å². The molecule has 1 aromatic carbocycles. The smallest absolute Gasteiger partial charge is 0.150 e. The maximum Gasteiger partial charge on any atom is 0.150 e. The van der Waals surface area contributed by atoms with Crippen molar-refractivity contribution in [2.24, 2.45) is 5.92 Å². The Kier molecular flexibility index (Phi) is 4.15. The summed E-state index contributed by atoms with van der Waals surface area (Å²) in [6.07, 6.45) is 0.406. The van der Waals surface area contributed by atoms with E-state index in [1.54, 1.807) is 0 Å². The summed E-state index contributed by atoms with van der Waals surface area (Å²) in [5.41, 5.74) is -0.136. The molecule has 2 unspecified atom stereocenters. The monoisotopic (exact) mass is 354 g/mol. The van der Waals surface area contributed by atoms with Crippen molar-refractivity contribution < 1.29 is 21.9 Å². The summed E-state index contributed by atoms with van der Waals surface area (Å²) in [5, 5.41) is 0. The van der Waals surface area contributed by atoms with E-state index in [0.717, 1.165) is 12.1 Å². The predicted molar refractivity (Wildman–Crippen MR) is 71.3 cm³/mol. The second-order valence-electron chi connectivity index (χ2n) is 4.57. The van der Waals surface area contributed by atoms with Crippen molar-refractivity contribution in [2.75, 3.05) is 18.6 Å². The van der Waals surface area contributed by atoms with Gasteiger partial charge in [-0.05, 0) is 12.3 Å². The van der Waals surface area contributed by atoms with Crippen LogP contribution in [0.1, 0.15) is 16.8 Å². The number of benzene rings is 1. The van der Waals surface area contributed by atoms with Crippen molar-refractivity contribution in [1.29, 1.82) is 0 Å². The first-order valence-corrected chi connectivity index (χ1v) is 8.45. The summed E-state index contributed by atoms with van der Waals surface area (Å²) in [7, 11) is -1.76. The van der Waals surface area contributed by atoms with Crippen LogP contribution in [0.4, 0.5) is 8.78 Å². The van der Waals surface area contributed by atoms with Gasteiger partial charge in [-0.1, -0.05) is 15.9 Å². The molecule has 0 amide bonds. The summed E-state index contributed by atoms with van der Waals surface area (Å²) < 4.78 is 55.4. The quantitative estimate of drug-likeness (QED) is 0.784. The first kappa shape index (κ1) is 14.7. The second-order valence-corrected chi connectivity index (χ2v) is 7.78. The Labute approximate surface area is 119 Å². The molecule has 0 aromatic heterocycles. The molecule has 7 heteroatoms. The zero-order valence-corrected chi connectivity index (χ0v) is 12.6. The van der Waals surface area contributed by atoms with Crippen LogP contribution in [0.3, 0.4) is 0 Å². The molecule has 1 aliphatic heterocycles. The van der Waals surface area contributed by atoms with Crippen LogP contribution in [0.5, 0.6) is 5.75 Å². The van der Waals surface area contributed by atoms with Gasteiger partial charge in [-0.25, -0.2) is 17.2 Å². The van der Waals surface area contributed by atoms with E-state index in [0.29, 0.717) is 6.42 Å². The maximum absolute atomic E-state index is 13.9. The zero-order chi connectivity index (χ0) is 14.2. The number of sulfone groups is 1. The van der Waals surface area contributed by atoms with Crippen molar-refractivity contribution in [3.05, 3.63) is 29.3 Å². The molecule has 0 radical (unpaired) electrons. The molecule has 0 N–H and O–H groups in total. The molecule has 1 saturated heterocycles. The SMILES string of the molecule is COc1cc(F)c(C(Br)C2CCS(=O)(=O)C2)c(F)c1. The molecule has 1 heterocycles. The van der Waals surface area contributed by atoms with Gasteiger partial charge in [0.05, 0.1) is 18.6 Å². The van der Waals surface area contributed by atoms with Crippen molar-refractivity contribution in [3.8, 4) is 5.75 Å². The predicted octanol–water partition coefficient (Wildman–Crippen LogP) is 2.84. The lowest BCUT2D eigenvalue weighted by Crippen LogP contribution is -2.13. The van der Waals surface area contributed by atoms with E-state index in [9.17, 15) is 17.2 Å². The highest BCUT2D eigenvalue weighted by Crippen LogP contribution is 2.40. The van der Waals surface area contributed by atoms with Crippen molar-refractivity contribution in [3.63, 3.8) is 0 Å². The first-order chi connectivity index (χ1) is 8.84. The minimum atomic E-state index is -3.09. The molecule has 1 aromatic rings. The van der Waals surface area contributed by atoms with Crippen LogP contribution in [0.25, 0.3) is 0 Å². The number of halogens is 3. The fourth-order valence-electron chi connectivity index (χ4n) is 2.23. The highest BCUT2D eigenvalue weighted by Gasteiger charge is 2.35. The van der Waals surface area contributed by atoms with Crippen LogP contribution in [0.2, 0.25) is 0 Å². The Hall–Kier alpha value is -0.690. The summed E-state index contributed by atoms with van der Waals surface area (Å²) in [4.78, 5) is -0.657. The molecule has 0 saturated carbocycles. The number of methoxy groups -OCH3 is 1. The van der Waals surface area contributed by atoms with Crippen LogP contribution in [0, 0.1) is 17.6 Å². The number of rotatable bonds is 3. The van der Waals surface area contributed by atoms with Gasteiger partial charge >= 0.3 is 0 Å². The minimum Gasteiger partial charge on any atom is -0.497 e. The fraction of sp³-hybridized carbons (Fsp3) is 0.500. The third kappa shape index (κ3) is 3.08. The Morgan fingerprint density at radius 1 is 1.37 bits per heavy atom. The topological polar surface area (TPSA) is 43.4 Å². The van der Waals surface area contributed by atoms with E-state index >= 15 is 0 Å². The third-order valence-corrected chi connectivity index (χ3v) is 6.24. The Morgan fingerprint density at radius 2 is 1.95 bits per heavy atom. The van der Waals surface area contributed by atoms with Gasteiger partial charge in [-0.3, -0.25) is 0 Å². The van der Waals surface area contributed by atoms with Gasteiger partial charge in [0.15, 0.2) is 9.84 Å². The van der Waals surface area contributed by atoms with Crippen LogP contribution in [-0.2, 0) is 9.84 Å². The summed E-state index contributed by atoms with van der Waals surface area (Å²) in [6, 6.07) is 2.19. The molecular formula is C12H13BrF2O3S. The lowest BCUT2D eigenvalue weighted by Gasteiger charge is -2.18. The Bertz CT molecular complexity index is 566. The van der Waals surface area contributed by atoms with Crippen LogP contribution >= 0.6 is 15.9 Å². The van der Waals surface area contributed by atoms with Crippen molar-refractivity contribution in [1.82, 2.24) is 0 Å². The van der Waals surface area contributed by atoms with E-state index in [4.69, 9.17) is 4.74 Å². The lowest BCUT2D eigenvalue weighted by molar-refractivity contribution is 0.403. The van der Waals surface area contributed by atoms with Crippen LogP contribution in [0.15, 0.2) is 12.1 Å². The molecule has 3 nitrogen and oxygen atoms in total. The maximum atomic E-state index is 13.9. The highest BCUT2D eigenvalue weighted by atomic mass is 79.9. The van der Waals surface area contributed by atoms with Crippen LogP contribution in [-0.4, -0.2) is 27.0 Å². The molecule has 1 fully saturated rings. The second kappa shape index (κ2) is 5.36. The molecule has 0 bridgehead atoms. The Balaban J connectivity index is 2.32.